The first-order valence-electron chi connectivity index (χ1n) is 9.22. The summed E-state index contributed by atoms with van der Waals surface area (Å²) in [6.07, 6.45) is 2.99. The van der Waals surface area contributed by atoms with Gasteiger partial charge in [0.2, 0.25) is 0 Å². The van der Waals surface area contributed by atoms with E-state index in [4.69, 9.17) is 10.2 Å². The van der Waals surface area contributed by atoms with E-state index in [0.717, 1.165) is 19.3 Å². The van der Waals surface area contributed by atoms with Crippen LogP contribution in [0.25, 0.3) is 0 Å². The van der Waals surface area contributed by atoms with Gasteiger partial charge >= 0.3 is 0 Å². The van der Waals surface area contributed by atoms with E-state index in [1.165, 1.54) is 4.90 Å². The van der Waals surface area contributed by atoms with Gasteiger partial charge in [-0.05, 0) is 32.1 Å². The van der Waals surface area contributed by atoms with Gasteiger partial charge in [0.1, 0.15) is 0 Å². The molecule has 0 aliphatic carbocycles. The van der Waals surface area contributed by atoms with Crippen molar-refractivity contribution in [2.45, 2.75) is 73.3 Å². The molecule has 0 radical (unpaired) electrons. The van der Waals surface area contributed by atoms with Gasteiger partial charge in [-0.25, -0.2) is 0 Å². The Bertz CT molecular complexity index is 283. The molecule has 148 valence electrons. The fourth-order valence-electron chi connectivity index (χ4n) is 2.61. The van der Waals surface area contributed by atoms with E-state index in [1.807, 2.05) is 18.7 Å². The number of aliphatic hydroxyl groups excluding tert-OH is 3. The SMILES string of the molecule is CC.CCC(C)(C)CC(C)(C)NCN(CO)CCCN(CO)CO. The van der Waals surface area contributed by atoms with Gasteiger partial charge in [-0.2, -0.15) is 0 Å². The van der Waals surface area contributed by atoms with Crippen LogP contribution in [0, 0.1) is 5.41 Å². The van der Waals surface area contributed by atoms with Crippen LogP contribution in [0.3, 0.4) is 0 Å². The molecule has 0 bridgehead atoms. The van der Waals surface area contributed by atoms with Crippen LogP contribution in [0.4, 0.5) is 0 Å². The van der Waals surface area contributed by atoms with Crippen molar-refractivity contribution >= 4 is 0 Å². The summed E-state index contributed by atoms with van der Waals surface area (Å²) in [5, 5.41) is 30.9. The van der Waals surface area contributed by atoms with E-state index < -0.39 is 0 Å². The lowest BCUT2D eigenvalue weighted by molar-refractivity contribution is 0.0224. The Hall–Kier alpha value is -0.240. The van der Waals surface area contributed by atoms with E-state index in [-0.39, 0.29) is 25.7 Å². The van der Waals surface area contributed by atoms with Crippen molar-refractivity contribution < 1.29 is 15.3 Å². The molecular weight excluding hydrogens is 306 g/mol. The second-order valence-corrected chi connectivity index (χ2v) is 7.48. The molecule has 0 fully saturated rings. The molecule has 0 spiro atoms. The Morgan fingerprint density at radius 1 is 0.833 bits per heavy atom. The molecule has 0 aromatic rings. The maximum absolute atomic E-state index is 9.45. The number of nitrogens with one attached hydrogen (secondary N) is 1. The fraction of sp³-hybridized carbons (Fsp3) is 1.00. The number of aliphatic hydroxyl groups is 3. The molecule has 0 aliphatic rings. The zero-order chi connectivity index (χ0) is 19.2. The number of hydrogen-bond acceptors (Lipinski definition) is 6. The molecule has 0 aromatic carbocycles. The zero-order valence-corrected chi connectivity index (χ0v) is 17.1. The predicted octanol–water partition coefficient (Wildman–Crippen LogP) is 2.01. The summed E-state index contributed by atoms with van der Waals surface area (Å²) in [5.41, 5.74) is 0.304. The van der Waals surface area contributed by atoms with Crippen molar-refractivity contribution in [3.63, 3.8) is 0 Å². The molecule has 0 amide bonds. The second kappa shape index (κ2) is 14.0. The van der Waals surface area contributed by atoms with Gasteiger partial charge in [-0.15, -0.1) is 0 Å². The lowest BCUT2D eigenvalue weighted by Gasteiger charge is -2.37. The molecule has 0 saturated carbocycles. The highest BCUT2D eigenvalue weighted by atomic mass is 16.3. The average Bonchev–Trinajstić information content (AvgIpc) is 2.55. The fourth-order valence-corrected chi connectivity index (χ4v) is 2.61. The molecular formula is C18H43N3O3. The van der Waals surface area contributed by atoms with E-state index in [0.29, 0.717) is 25.2 Å². The minimum Gasteiger partial charge on any atom is -0.381 e. The van der Waals surface area contributed by atoms with Crippen LogP contribution in [-0.4, -0.2) is 70.6 Å². The summed E-state index contributed by atoms with van der Waals surface area (Å²) in [6.45, 7) is 16.8. The molecule has 0 unspecified atom stereocenters. The predicted molar refractivity (Wildman–Crippen MR) is 101 cm³/mol. The molecule has 0 atom stereocenters. The van der Waals surface area contributed by atoms with Gasteiger partial charge in [0.25, 0.3) is 0 Å². The minimum atomic E-state index is -0.146. The monoisotopic (exact) mass is 349 g/mol. The van der Waals surface area contributed by atoms with Crippen molar-refractivity contribution in [2.75, 3.05) is 40.0 Å². The van der Waals surface area contributed by atoms with Crippen molar-refractivity contribution in [1.82, 2.24) is 15.1 Å². The van der Waals surface area contributed by atoms with Crippen LogP contribution in [0.5, 0.6) is 0 Å². The van der Waals surface area contributed by atoms with E-state index in [2.05, 4.69) is 39.9 Å². The van der Waals surface area contributed by atoms with Crippen molar-refractivity contribution in [3.8, 4) is 0 Å². The Labute approximate surface area is 149 Å². The Balaban J connectivity index is 0. The molecule has 0 aliphatic heterocycles. The third-order valence-electron chi connectivity index (χ3n) is 4.21. The third kappa shape index (κ3) is 13.1. The largest absolute Gasteiger partial charge is 0.381 e. The normalized spacial score (nSPS) is 12.5. The first-order chi connectivity index (χ1) is 11.2. The highest BCUT2D eigenvalue weighted by molar-refractivity contribution is 4.84. The summed E-state index contributed by atoms with van der Waals surface area (Å²) in [5.74, 6) is 0. The van der Waals surface area contributed by atoms with Gasteiger partial charge in [0, 0.05) is 18.6 Å². The number of rotatable bonds is 13. The van der Waals surface area contributed by atoms with Crippen molar-refractivity contribution in [3.05, 3.63) is 0 Å². The summed E-state index contributed by atoms with van der Waals surface area (Å²) in [7, 11) is 0. The second-order valence-electron chi connectivity index (χ2n) is 7.48. The highest BCUT2D eigenvalue weighted by Gasteiger charge is 2.27. The van der Waals surface area contributed by atoms with Crippen LogP contribution >= 0.6 is 0 Å². The molecule has 24 heavy (non-hydrogen) atoms. The van der Waals surface area contributed by atoms with Crippen molar-refractivity contribution in [2.24, 2.45) is 5.41 Å². The highest BCUT2D eigenvalue weighted by Crippen LogP contribution is 2.30. The van der Waals surface area contributed by atoms with Gasteiger partial charge in [0.15, 0.2) is 0 Å². The number of hydrogen-bond donors (Lipinski definition) is 4. The first-order valence-corrected chi connectivity index (χ1v) is 9.22. The average molecular weight is 350 g/mol. The molecule has 4 N–H and O–H groups in total. The summed E-state index contributed by atoms with van der Waals surface area (Å²) >= 11 is 0. The molecule has 6 heteroatoms. The van der Waals surface area contributed by atoms with Crippen LogP contribution in [-0.2, 0) is 0 Å². The first kappa shape index (κ1) is 26.0. The molecule has 0 saturated heterocycles. The van der Waals surface area contributed by atoms with Gasteiger partial charge < -0.3 is 15.3 Å². The summed E-state index contributed by atoms with van der Waals surface area (Å²) < 4.78 is 0. The Morgan fingerprint density at radius 3 is 1.71 bits per heavy atom. The van der Waals surface area contributed by atoms with E-state index in [9.17, 15) is 5.11 Å². The maximum Gasteiger partial charge on any atom is 0.0974 e. The van der Waals surface area contributed by atoms with Crippen LogP contribution in [0.15, 0.2) is 0 Å². The van der Waals surface area contributed by atoms with Gasteiger partial charge in [0.05, 0.1) is 26.9 Å². The molecule has 6 nitrogen and oxygen atoms in total. The lowest BCUT2D eigenvalue weighted by Crippen LogP contribution is -2.48. The smallest absolute Gasteiger partial charge is 0.0974 e. The number of nitrogens with zero attached hydrogens (tertiary/aromatic N) is 2. The van der Waals surface area contributed by atoms with Crippen LogP contribution in [0.2, 0.25) is 0 Å². The van der Waals surface area contributed by atoms with Crippen LogP contribution < -0.4 is 5.32 Å². The maximum atomic E-state index is 9.45. The summed E-state index contributed by atoms with van der Waals surface area (Å²) in [6, 6.07) is 0. The van der Waals surface area contributed by atoms with Gasteiger partial charge in [-0.1, -0.05) is 41.0 Å². The quantitative estimate of drug-likeness (QED) is 0.381. The lowest BCUT2D eigenvalue weighted by atomic mass is 9.78. The molecule has 0 aromatic heterocycles. The van der Waals surface area contributed by atoms with Crippen LogP contribution in [0.1, 0.15) is 67.7 Å². The molecule has 0 heterocycles. The Kier molecular flexibility index (Phi) is 15.1. The van der Waals surface area contributed by atoms with Crippen molar-refractivity contribution in [1.29, 1.82) is 0 Å². The Morgan fingerprint density at radius 2 is 1.29 bits per heavy atom. The van der Waals surface area contributed by atoms with E-state index in [1.54, 1.807) is 0 Å². The molecule has 0 rings (SSSR count). The topological polar surface area (TPSA) is 79.2 Å². The third-order valence-corrected chi connectivity index (χ3v) is 4.21. The van der Waals surface area contributed by atoms with Gasteiger partial charge in [-0.3, -0.25) is 15.1 Å². The standard InChI is InChI=1S/C16H37N3O3.C2H6/c1-6-15(2,3)10-16(4,5)17-11-18(12-20)8-7-9-19(13-21)14-22;1-2/h17,20-22H,6-14H2,1-5H3;1-2H3. The summed E-state index contributed by atoms with van der Waals surface area (Å²) in [4.78, 5) is 3.46. The zero-order valence-electron chi connectivity index (χ0n) is 17.1. The minimum absolute atomic E-state index is 0.00149. The van der Waals surface area contributed by atoms with E-state index >= 15 is 0 Å².